The lowest BCUT2D eigenvalue weighted by Gasteiger charge is -2.14. The summed E-state index contributed by atoms with van der Waals surface area (Å²) in [6.45, 7) is 0.0323. The van der Waals surface area contributed by atoms with E-state index in [1.807, 2.05) is 65.2 Å². The number of carbonyl (C=O) groups is 1. The molecule has 1 heterocycles. The highest BCUT2D eigenvalue weighted by atomic mass is 16.5. The van der Waals surface area contributed by atoms with E-state index in [1.165, 1.54) is 0 Å². The van der Waals surface area contributed by atoms with Crippen molar-refractivity contribution in [3.8, 4) is 5.75 Å². The number of fused-ring (bicyclic) bond motifs is 2. The van der Waals surface area contributed by atoms with Gasteiger partial charge in [-0.1, -0.05) is 36.4 Å². The van der Waals surface area contributed by atoms with Crippen LogP contribution in [0, 0.1) is 0 Å². The van der Waals surface area contributed by atoms with Crippen LogP contribution in [0.5, 0.6) is 5.75 Å². The van der Waals surface area contributed by atoms with Gasteiger partial charge < -0.3 is 9.30 Å². The minimum Gasteiger partial charge on any atom is -0.496 e. The SMILES string of the molecule is COc1ccccc1C=NNC(=O)Cn1c2ccccc2c(=O)c2ccccc21. The number of benzene rings is 3. The third-order valence-electron chi connectivity index (χ3n) is 4.71. The van der Waals surface area contributed by atoms with Crippen LogP contribution in [0.1, 0.15) is 5.56 Å². The zero-order valence-electron chi connectivity index (χ0n) is 15.8. The first-order valence-corrected chi connectivity index (χ1v) is 9.14. The molecule has 4 aromatic rings. The third kappa shape index (κ3) is 3.60. The molecule has 1 aromatic heterocycles. The summed E-state index contributed by atoms with van der Waals surface area (Å²) in [6.07, 6.45) is 1.54. The number of amides is 1. The van der Waals surface area contributed by atoms with Gasteiger partial charge in [-0.25, -0.2) is 5.43 Å². The molecule has 0 saturated carbocycles. The first-order valence-electron chi connectivity index (χ1n) is 9.14. The van der Waals surface area contributed by atoms with Gasteiger partial charge in [-0.2, -0.15) is 5.10 Å². The van der Waals surface area contributed by atoms with E-state index in [4.69, 9.17) is 4.74 Å². The smallest absolute Gasteiger partial charge is 0.260 e. The van der Waals surface area contributed by atoms with Gasteiger partial charge in [0, 0.05) is 16.3 Å². The fourth-order valence-corrected chi connectivity index (χ4v) is 3.37. The van der Waals surface area contributed by atoms with Crippen LogP contribution in [0.3, 0.4) is 0 Å². The molecule has 0 aliphatic rings. The quantitative estimate of drug-likeness (QED) is 0.325. The average molecular weight is 385 g/mol. The number of rotatable bonds is 5. The Morgan fingerprint density at radius 2 is 1.55 bits per heavy atom. The van der Waals surface area contributed by atoms with Crippen molar-refractivity contribution in [1.29, 1.82) is 0 Å². The molecule has 29 heavy (non-hydrogen) atoms. The summed E-state index contributed by atoms with van der Waals surface area (Å²) in [5.74, 6) is 0.373. The zero-order chi connectivity index (χ0) is 20.2. The number of nitrogens with one attached hydrogen (secondary N) is 1. The van der Waals surface area contributed by atoms with Gasteiger partial charge in [-0.05, 0) is 36.4 Å². The van der Waals surface area contributed by atoms with Crippen LogP contribution in [0.2, 0.25) is 0 Å². The van der Waals surface area contributed by atoms with E-state index in [0.29, 0.717) is 27.6 Å². The third-order valence-corrected chi connectivity index (χ3v) is 4.71. The molecular formula is C23H19N3O3. The summed E-state index contributed by atoms with van der Waals surface area (Å²) in [5.41, 5.74) is 4.69. The second kappa shape index (κ2) is 7.98. The van der Waals surface area contributed by atoms with Gasteiger partial charge >= 0.3 is 0 Å². The van der Waals surface area contributed by atoms with Crippen LogP contribution in [0.15, 0.2) is 82.7 Å². The molecule has 0 aliphatic carbocycles. The number of ether oxygens (including phenoxy) is 1. The largest absolute Gasteiger partial charge is 0.496 e. The van der Waals surface area contributed by atoms with Crippen LogP contribution in [-0.4, -0.2) is 23.8 Å². The molecular weight excluding hydrogens is 366 g/mol. The normalized spacial score (nSPS) is 11.2. The van der Waals surface area contributed by atoms with Crippen molar-refractivity contribution in [1.82, 2.24) is 9.99 Å². The predicted octanol–water partition coefficient (Wildman–Crippen LogP) is 3.31. The summed E-state index contributed by atoms with van der Waals surface area (Å²) in [7, 11) is 1.58. The highest BCUT2D eigenvalue weighted by Gasteiger charge is 2.12. The van der Waals surface area contributed by atoms with Crippen molar-refractivity contribution in [3.63, 3.8) is 0 Å². The van der Waals surface area contributed by atoms with Crippen LogP contribution in [-0.2, 0) is 11.3 Å². The lowest BCUT2D eigenvalue weighted by Crippen LogP contribution is -2.25. The van der Waals surface area contributed by atoms with Crippen LogP contribution in [0.4, 0.5) is 0 Å². The Kier molecular flexibility index (Phi) is 5.07. The number of pyridine rings is 1. The van der Waals surface area contributed by atoms with Crippen molar-refractivity contribution >= 4 is 33.9 Å². The molecule has 144 valence electrons. The fraction of sp³-hybridized carbons (Fsp3) is 0.0870. The molecule has 0 radical (unpaired) electrons. The number of hydrazone groups is 1. The minimum absolute atomic E-state index is 0.0323. The molecule has 1 N–H and O–H groups in total. The topological polar surface area (TPSA) is 72.7 Å². The summed E-state index contributed by atoms with van der Waals surface area (Å²) in [6, 6.07) is 22.0. The molecule has 4 rings (SSSR count). The van der Waals surface area contributed by atoms with Gasteiger partial charge in [-0.15, -0.1) is 0 Å². The zero-order valence-corrected chi connectivity index (χ0v) is 15.8. The first-order chi connectivity index (χ1) is 14.2. The molecule has 6 heteroatoms. The second-order valence-electron chi connectivity index (χ2n) is 6.48. The van der Waals surface area contributed by atoms with Gasteiger partial charge in [-0.3, -0.25) is 9.59 Å². The molecule has 0 aliphatic heterocycles. The van der Waals surface area contributed by atoms with Crippen LogP contribution in [0.25, 0.3) is 21.8 Å². The standard InChI is InChI=1S/C23H19N3O3/c1-29-21-13-7-2-8-16(21)14-24-25-22(27)15-26-19-11-5-3-9-17(19)23(28)18-10-4-6-12-20(18)26/h2-14H,15H2,1H3,(H,25,27). The first kappa shape index (κ1) is 18.4. The maximum atomic E-state index is 12.8. The molecule has 0 fully saturated rings. The molecule has 0 atom stereocenters. The highest BCUT2D eigenvalue weighted by molar-refractivity contribution is 5.95. The molecule has 0 unspecified atom stereocenters. The van der Waals surface area contributed by atoms with Gasteiger partial charge in [0.15, 0.2) is 5.43 Å². The van der Waals surface area contributed by atoms with Gasteiger partial charge in [0.05, 0.1) is 24.4 Å². The lowest BCUT2D eigenvalue weighted by molar-refractivity contribution is -0.121. The van der Waals surface area contributed by atoms with E-state index in [2.05, 4.69) is 10.5 Å². The van der Waals surface area contributed by atoms with E-state index in [-0.39, 0.29) is 17.9 Å². The molecule has 0 spiro atoms. The number of carbonyl (C=O) groups excluding carboxylic acids is 1. The Labute approximate surface area is 167 Å². The second-order valence-corrected chi connectivity index (χ2v) is 6.48. The Morgan fingerprint density at radius 3 is 2.21 bits per heavy atom. The number of methoxy groups -OCH3 is 1. The maximum absolute atomic E-state index is 12.8. The van der Waals surface area contributed by atoms with E-state index >= 15 is 0 Å². The van der Waals surface area contributed by atoms with Gasteiger partial charge in [0.1, 0.15) is 12.3 Å². The average Bonchev–Trinajstić information content (AvgIpc) is 2.77. The number of para-hydroxylation sites is 3. The van der Waals surface area contributed by atoms with E-state index in [1.54, 1.807) is 25.5 Å². The lowest BCUT2D eigenvalue weighted by atomic mass is 10.1. The number of aromatic nitrogens is 1. The van der Waals surface area contributed by atoms with Gasteiger partial charge in [0.25, 0.3) is 5.91 Å². The molecule has 3 aromatic carbocycles. The van der Waals surface area contributed by atoms with Crippen molar-refractivity contribution in [2.24, 2.45) is 5.10 Å². The van der Waals surface area contributed by atoms with Crippen molar-refractivity contribution < 1.29 is 9.53 Å². The summed E-state index contributed by atoms with van der Waals surface area (Å²) >= 11 is 0. The molecule has 6 nitrogen and oxygen atoms in total. The van der Waals surface area contributed by atoms with Gasteiger partial charge in [0.2, 0.25) is 0 Å². The minimum atomic E-state index is -0.296. The predicted molar refractivity (Wildman–Crippen MR) is 114 cm³/mol. The number of nitrogens with zero attached hydrogens (tertiary/aromatic N) is 2. The van der Waals surface area contributed by atoms with Crippen molar-refractivity contribution in [3.05, 3.63) is 88.6 Å². The fourth-order valence-electron chi connectivity index (χ4n) is 3.37. The monoisotopic (exact) mass is 385 g/mol. The summed E-state index contributed by atoms with van der Waals surface area (Å²) in [5, 5.41) is 5.20. The Hall–Kier alpha value is -3.93. The Bertz CT molecular complexity index is 1230. The van der Waals surface area contributed by atoms with E-state index in [9.17, 15) is 9.59 Å². The Balaban J connectivity index is 1.65. The number of hydrogen-bond donors (Lipinski definition) is 1. The van der Waals surface area contributed by atoms with Crippen LogP contribution < -0.4 is 15.6 Å². The maximum Gasteiger partial charge on any atom is 0.260 e. The van der Waals surface area contributed by atoms with Crippen molar-refractivity contribution in [2.45, 2.75) is 6.54 Å². The highest BCUT2D eigenvalue weighted by Crippen LogP contribution is 2.19. The van der Waals surface area contributed by atoms with E-state index in [0.717, 1.165) is 5.56 Å². The molecule has 1 amide bonds. The Morgan fingerprint density at radius 1 is 0.966 bits per heavy atom. The summed E-state index contributed by atoms with van der Waals surface area (Å²) in [4.78, 5) is 25.3. The molecule has 0 bridgehead atoms. The van der Waals surface area contributed by atoms with E-state index < -0.39 is 0 Å². The molecule has 0 saturated heterocycles. The number of hydrogen-bond acceptors (Lipinski definition) is 4. The van der Waals surface area contributed by atoms with Crippen molar-refractivity contribution in [2.75, 3.05) is 7.11 Å². The summed E-state index contributed by atoms with van der Waals surface area (Å²) < 4.78 is 7.10. The van der Waals surface area contributed by atoms with Crippen LogP contribution >= 0.6 is 0 Å².